The van der Waals surface area contributed by atoms with E-state index in [-0.39, 0.29) is 0 Å². The first-order valence-corrected chi connectivity index (χ1v) is 7.68. The van der Waals surface area contributed by atoms with E-state index >= 15 is 0 Å². The van der Waals surface area contributed by atoms with E-state index < -0.39 is 0 Å². The van der Waals surface area contributed by atoms with Crippen molar-refractivity contribution in [3.8, 4) is 5.75 Å². The molecule has 1 N–H and O–H groups in total. The molecule has 0 saturated heterocycles. The monoisotopic (exact) mass is 259 g/mol. The Labute approximate surface area is 116 Å². The number of hydrogen-bond acceptors (Lipinski definition) is 2. The van der Waals surface area contributed by atoms with Gasteiger partial charge in [-0.25, -0.2) is 0 Å². The van der Waals surface area contributed by atoms with Gasteiger partial charge in [0.25, 0.3) is 0 Å². The molecule has 2 unspecified atom stereocenters. The molecule has 104 valence electrons. The Kier molecular flexibility index (Phi) is 3.79. The summed E-state index contributed by atoms with van der Waals surface area (Å²) < 4.78 is 5.56. The maximum Gasteiger partial charge on any atom is 0.122 e. The number of ether oxygens (including phenoxy) is 1. The standard InChI is InChI=1S/C17H25NO/c1-12-7-13(2)9-16(8-12)18-11-14-3-4-17-15(10-14)5-6-19-17/h3-4,10,12-13,16,18H,5-9,11H2,1-2H3. The van der Waals surface area contributed by atoms with E-state index in [0.717, 1.165) is 37.2 Å². The quantitative estimate of drug-likeness (QED) is 0.896. The molecule has 2 heteroatoms. The highest BCUT2D eigenvalue weighted by Gasteiger charge is 2.23. The first kappa shape index (κ1) is 13.0. The Bertz CT molecular complexity index is 433. The molecule has 1 heterocycles. The maximum atomic E-state index is 5.56. The fourth-order valence-electron chi connectivity index (χ4n) is 3.73. The Morgan fingerprint density at radius 2 is 1.95 bits per heavy atom. The molecule has 1 saturated carbocycles. The molecule has 0 amide bonds. The lowest BCUT2D eigenvalue weighted by atomic mass is 9.80. The zero-order chi connectivity index (χ0) is 13.2. The van der Waals surface area contributed by atoms with Gasteiger partial charge in [0.1, 0.15) is 5.75 Å². The number of fused-ring (bicyclic) bond motifs is 1. The van der Waals surface area contributed by atoms with Crippen molar-refractivity contribution < 1.29 is 4.74 Å². The third-order valence-electron chi connectivity index (χ3n) is 4.53. The van der Waals surface area contributed by atoms with Crippen molar-refractivity contribution in [1.29, 1.82) is 0 Å². The van der Waals surface area contributed by atoms with E-state index in [0.29, 0.717) is 6.04 Å². The van der Waals surface area contributed by atoms with Crippen LogP contribution in [-0.2, 0) is 13.0 Å². The van der Waals surface area contributed by atoms with E-state index in [1.165, 1.54) is 30.4 Å². The molecule has 2 atom stereocenters. The molecule has 1 aromatic rings. The molecule has 2 aliphatic rings. The molecule has 1 fully saturated rings. The Morgan fingerprint density at radius 1 is 1.16 bits per heavy atom. The number of rotatable bonds is 3. The zero-order valence-corrected chi connectivity index (χ0v) is 12.1. The van der Waals surface area contributed by atoms with Crippen LogP contribution >= 0.6 is 0 Å². The Hall–Kier alpha value is -1.02. The van der Waals surface area contributed by atoms with Crippen LogP contribution in [0.2, 0.25) is 0 Å². The van der Waals surface area contributed by atoms with Crippen molar-refractivity contribution in [2.45, 2.75) is 52.1 Å². The van der Waals surface area contributed by atoms with Gasteiger partial charge in [-0.05, 0) is 48.3 Å². The molecular weight excluding hydrogens is 234 g/mol. The van der Waals surface area contributed by atoms with Crippen LogP contribution in [-0.4, -0.2) is 12.6 Å². The van der Waals surface area contributed by atoms with Crippen molar-refractivity contribution >= 4 is 0 Å². The highest BCUT2D eigenvalue weighted by molar-refractivity contribution is 5.39. The normalized spacial score (nSPS) is 29.9. The van der Waals surface area contributed by atoms with Gasteiger partial charge in [0.2, 0.25) is 0 Å². The minimum absolute atomic E-state index is 0.697. The number of benzene rings is 1. The molecule has 0 spiro atoms. The van der Waals surface area contributed by atoms with Gasteiger partial charge in [-0.1, -0.05) is 26.0 Å². The molecule has 0 radical (unpaired) electrons. The van der Waals surface area contributed by atoms with Gasteiger partial charge in [0, 0.05) is 19.0 Å². The molecule has 1 aliphatic heterocycles. The minimum atomic E-state index is 0.697. The average molecular weight is 259 g/mol. The molecule has 0 aromatic heterocycles. The van der Waals surface area contributed by atoms with Crippen LogP contribution in [0.4, 0.5) is 0 Å². The van der Waals surface area contributed by atoms with E-state index in [4.69, 9.17) is 4.74 Å². The lowest BCUT2D eigenvalue weighted by molar-refractivity contribution is 0.238. The minimum Gasteiger partial charge on any atom is -0.493 e. The number of nitrogens with one attached hydrogen (secondary N) is 1. The van der Waals surface area contributed by atoms with Crippen LogP contribution in [0.3, 0.4) is 0 Å². The first-order valence-electron chi connectivity index (χ1n) is 7.68. The predicted molar refractivity (Wildman–Crippen MR) is 78.4 cm³/mol. The fourth-order valence-corrected chi connectivity index (χ4v) is 3.73. The summed E-state index contributed by atoms with van der Waals surface area (Å²) in [6, 6.07) is 7.34. The summed E-state index contributed by atoms with van der Waals surface area (Å²) in [5, 5.41) is 3.75. The maximum absolute atomic E-state index is 5.56. The lowest BCUT2D eigenvalue weighted by Crippen LogP contribution is -2.35. The van der Waals surface area contributed by atoms with Crippen molar-refractivity contribution in [3.63, 3.8) is 0 Å². The van der Waals surface area contributed by atoms with Crippen LogP contribution in [0.15, 0.2) is 18.2 Å². The lowest BCUT2D eigenvalue weighted by Gasteiger charge is -2.32. The fraction of sp³-hybridized carbons (Fsp3) is 0.647. The first-order chi connectivity index (χ1) is 9.20. The summed E-state index contributed by atoms with van der Waals surface area (Å²) in [6.07, 6.45) is 5.13. The Morgan fingerprint density at radius 3 is 2.74 bits per heavy atom. The molecule has 19 heavy (non-hydrogen) atoms. The van der Waals surface area contributed by atoms with Crippen molar-refractivity contribution in [1.82, 2.24) is 5.32 Å². The predicted octanol–water partition coefficient (Wildman–Crippen LogP) is 3.54. The van der Waals surface area contributed by atoms with Crippen LogP contribution in [0.25, 0.3) is 0 Å². The van der Waals surface area contributed by atoms with E-state index in [9.17, 15) is 0 Å². The summed E-state index contributed by atoms with van der Waals surface area (Å²) in [6.45, 7) is 6.62. The largest absolute Gasteiger partial charge is 0.493 e. The van der Waals surface area contributed by atoms with Gasteiger partial charge in [-0.15, -0.1) is 0 Å². The molecule has 1 aromatic carbocycles. The van der Waals surface area contributed by atoms with E-state index in [1.54, 1.807) is 0 Å². The highest BCUT2D eigenvalue weighted by Crippen LogP contribution is 2.29. The second kappa shape index (κ2) is 5.54. The van der Waals surface area contributed by atoms with Crippen LogP contribution in [0.1, 0.15) is 44.2 Å². The molecular formula is C17H25NO. The number of hydrogen-bond donors (Lipinski definition) is 1. The summed E-state index contributed by atoms with van der Waals surface area (Å²) in [7, 11) is 0. The summed E-state index contributed by atoms with van der Waals surface area (Å²) in [4.78, 5) is 0. The third-order valence-corrected chi connectivity index (χ3v) is 4.53. The van der Waals surface area contributed by atoms with Crippen molar-refractivity contribution in [3.05, 3.63) is 29.3 Å². The average Bonchev–Trinajstić information content (AvgIpc) is 2.82. The second-order valence-corrected chi connectivity index (χ2v) is 6.54. The Balaban J connectivity index is 1.57. The SMILES string of the molecule is CC1CC(C)CC(NCc2ccc3c(c2)CCO3)C1. The smallest absolute Gasteiger partial charge is 0.122 e. The van der Waals surface area contributed by atoms with Gasteiger partial charge in [0.05, 0.1) is 6.61 Å². The molecule has 3 rings (SSSR count). The molecule has 1 aliphatic carbocycles. The third kappa shape index (κ3) is 3.11. The zero-order valence-electron chi connectivity index (χ0n) is 12.1. The van der Waals surface area contributed by atoms with Gasteiger partial charge < -0.3 is 10.1 Å². The van der Waals surface area contributed by atoms with Gasteiger partial charge in [0.15, 0.2) is 0 Å². The summed E-state index contributed by atoms with van der Waals surface area (Å²) >= 11 is 0. The molecule has 2 nitrogen and oxygen atoms in total. The molecule has 0 bridgehead atoms. The van der Waals surface area contributed by atoms with Crippen LogP contribution < -0.4 is 10.1 Å². The van der Waals surface area contributed by atoms with Crippen molar-refractivity contribution in [2.24, 2.45) is 11.8 Å². The van der Waals surface area contributed by atoms with Crippen LogP contribution in [0, 0.1) is 11.8 Å². The highest BCUT2D eigenvalue weighted by atomic mass is 16.5. The van der Waals surface area contributed by atoms with Gasteiger partial charge in [-0.2, -0.15) is 0 Å². The summed E-state index contributed by atoms with van der Waals surface area (Å²) in [5.41, 5.74) is 2.78. The van der Waals surface area contributed by atoms with E-state index in [2.05, 4.69) is 37.4 Å². The van der Waals surface area contributed by atoms with Crippen molar-refractivity contribution in [2.75, 3.05) is 6.61 Å². The van der Waals surface area contributed by atoms with Gasteiger partial charge >= 0.3 is 0 Å². The van der Waals surface area contributed by atoms with Crippen LogP contribution in [0.5, 0.6) is 5.75 Å². The van der Waals surface area contributed by atoms with Gasteiger partial charge in [-0.3, -0.25) is 0 Å². The summed E-state index contributed by atoms with van der Waals surface area (Å²) in [5.74, 6) is 2.83. The van der Waals surface area contributed by atoms with E-state index in [1.807, 2.05) is 0 Å². The topological polar surface area (TPSA) is 21.3 Å². The second-order valence-electron chi connectivity index (χ2n) is 6.54.